The Morgan fingerprint density at radius 1 is 1.43 bits per heavy atom. The molecule has 0 heterocycles. The van der Waals surface area contributed by atoms with Crippen LogP contribution in [0.5, 0.6) is 0 Å². The topological polar surface area (TPSA) is 37.3 Å². The summed E-state index contributed by atoms with van der Waals surface area (Å²) in [7, 11) is 0. The molecule has 14 heavy (non-hydrogen) atoms. The first-order chi connectivity index (χ1) is 6.54. The van der Waals surface area contributed by atoms with Crippen LogP contribution in [0.1, 0.15) is 11.1 Å². The molecule has 0 amide bonds. The molecule has 0 aliphatic carbocycles. The highest BCUT2D eigenvalue weighted by molar-refractivity contribution is 9.08. The monoisotopic (exact) mass is 296 g/mol. The Kier molecular flexibility index (Phi) is 4.23. The van der Waals surface area contributed by atoms with Gasteiger partial charge >= 0.3 is 5.97 Å². The molecule has 0 bridgehead atoms. The SMILES string of the molecule is O=C(O)Cc1c(Cl)cc(Cl)cc1CBr. The molecule has 0 atom stereocenters. The van der Waals surface area contributed by atoms with Crippen LogP contribution < -0.4 is 0 Å². The molecule has 2 nitrogen and oxygen atoms in total. The van der Waals surface area contributed by atoms with Gasteiger partial charge < -0.3 is 5.11 Å². The summed E-state index contributed by atoms with van der Waals surface area (Å²) in [5, 5.41) is 10.1. The lowest BCUT2D eigenvalue weighted by Crippen LogP contribution is -2.03. The average Bonchev–Trinajstić information content (AvgIpc) is 2.08. The first-order valence-electron chi connectivity index (χ1n) is 3.79. The van der Waals surface area contributed by atoms with Crippen LogP contribution in [0.15, 0.2) is 12.1 Å². The minimum Gasteiger partial charge on any atom is -0.481 e. The normalized spacial score (nSPS) is 10.2. The molecule has 0 fully saturated rings. The second-order valence-electron chi connectivity index (χ2n) is 2.73. The number of hydrogen-bond donors (Lipinski definition) is 1. The third kappa shape index (κ3) is 2.87. The Hall–Kier alpha value is -0.250. The molecule has 76 valence electrons. The first-order valence-corrected chi connectivity index (χ1v) is 5.67. The van der Waals surface area contributed by atoms with E-state index in [1.54, 1.807) is 12.1 Å². The maximum absolute atomic E-state index is 10.6. The maximum atomic E-state index is 10.6. The maximum Gasteiger partial charge on any atom is 0.307 e. The van der Waals surface area contributed by atoms with Crippen molar-refractivity contribution in [1.29, 1.82) is 0 Å². The Labute approximate surface area is 100.0 Å². The standard InChI is InChI=1S/C9H7BrCl2O2/c10-4-5-1-6(11)2-8(12)7(5)3-9(13)14/h1-2H,3-4H2,(H,13,14). The zero-order valence-electron chi connectivity index (χ0n) is 7.06. The fourth-order valence-corrected chi connectivity index (χ4v) is 2.23. The van der Waals surface area contributed by atoms with E-state index in [0.29, 0.717) is 20.9 Å². The third-order valence-corrected chi connectivity index (χ3v) is 2.88. The minimum atomic E-state index is -0.906. The van der Waals surface area contributed by atoms with E-state index in [0.717, 1.165) is 5.56 Å². The largest absolute Gasteiger partial charge is 0.481 e. The van der Waals surface area contributed by atoms with Crippen molar-refractivity contribution in [2.24, 2.45) is 0 Å². The van der Waals surface area contributed by atoms with E-state index in [9.17, 15) is 4.79 Å². The number of carbonyl (C=O) groups is 1. The Morgan fingerprint density at radius 2 is 2.07 bits per heavy atom. The fraction of sp³-hybridized carbons (Fsp3) is 0.222. The van der Waals surface area contributed by atoms with Crippen molar-refractivity contribution < 1.29 is 9.90 Å². The first kappa shape index (κ1) is 11.8. The molecular formula is C9H7BrCl2O2. The average molecular weight is 298 g/mol. The van der Waals surface area contributed by atoms with Gasteiger partial charge in [0.25, 0.3) is 0 Å². The predicted octanol–water partition coefficient (Wildman–Crippen LogP) is 3.52. The van der Waals surface area contributed by atoms with E-state index in [4.69, 9.17) is 28.3 Å². The van der Waals surface area contributed by atoms with Crippen molar-refractivity contribution in [3.05, 3.63) is 33.3 Å². The van der Waals surface area contributed by atoms with Gasteiger partial charge in [-0.25, -0.2) is 0 Å². The zero-order valence-corrected chi connectivity index (χ0v) is 10.2. The van der Waals surface area contributed by atoms with Crippen LogP contribution in [0.2, 0.25) is 10.0 Å². The van der Waals surface area contributed by atoms with Crippen molar-refractivity contribution in [2.75, 3.05) is 0 Å². The van der Waals surface area contributed by atoms with E-state index in [2.05, 4.69) is 15.9 Å². The summed E-state index contributed by atoms with van der Waals surface area (Å²) in [5.74, 6) is -0.906. The minimum absolute atomic E-state index is 0.0864. The number of alkyl halides is 1. The number of rotatable bonds is 3. The van der Waals surface area contributed by atoms with E-state index < -0.39 is 5.97 Å². The van der Waals surface area contributed by atoms with Gasteiger partial charge in [-0.3, -0.25) is 4.79 Å². The second kappa shape index (κ2) is 5.01. The molecule has 0 aromatic heterocycles. The summed E-state index contributed by atoms with van der Waals surface area (Å²) >= 11 is 14.9. The van der Waals surface area contributed by atoms with Crippen molar-refractivity contribution in [1.82, 2.24) is 0 Å². The van der Waals surface area contributed by atoms with Crippen LogP contribution in [-0.2, 0) is 16.5 Å². The Morgan fingerprint density at radius 3 is 2.57 bits per heavy atom. The lowest BCUT2D eigenvalue weighted by Gasteiger charge is -2.07. The molecule has 5 heteroatoms. The van der Waals surface area contributed by atoms with Gasteiger partial charge in [-0.2, -0.15) is 0 Å². The van der Waals surface area contributed by atoms with Gasteiger partial charge in [-0.1, -0.05) is 39.1 Å². The molecule has 1 N–H and O–H groups in total. The smallest absolute Gasteiger partial charge is 0.307 e. The highest BCUT2D eigenvalue weighted by Gasteiger charge is 2.11. The number of benzene rings is 1. The molecule has 0 unspecified atom stereocenters. The van der Waals surface area contributed by atoms with Crippen LogP contribution in [0.4, 0.5) is 0 Å². The van der Waals surface area contributed by atoms with E-state index in [-0.39, 0.29) is 6.42 Å². The van der Waals surface area contributed by atoms with E-state index in [1.807, 2.05) is 0 Å². The summed E-state index contributed by atoms with van der Waals surface area (Å²) in [6, 6.07) is 3.26. The molecule has 1 rings (SSSR count). The van der Waals surface area contributed by atoms with Crippen LogP contribution in [0.25, 0.3) is 0 Å². The lowest BCUT2D eigenvalue weighted by molar-refractivity contribution is -0.136. The van der Waals surface area contributed by atoms with Gasteiger partial charge in [0.15, 0.2) is 0 Å². The molecule has 1 aromatic rings. The van der Waals surface area contributed by atoms with E-state index >= 15 is 0 Å². The van der Waals surface area contributed by atoms with Gasteiger partial charge in [0.2, 0.25) is 0 Å². The van der Waals surface area contributed by atoms with Crippen molar-refractivity contribution in [3.8, 4) is 0 Å². The Bertz CT molecular complexity index is 366. The van der Waals surface area contributed by atoms with Crippen molar-refractivity contribution in [3.63, 3.8) is 0 Å². The van der Waals surface area contributed by atoms with Crippen LogP contribution >= 0.6 is 39.1 Å². The fourth-order valence-electron chi connectivity index (χ4n) is 1.13. The number of carboxylic acids is 1. The molecule has 1 aromatic carbocycles. The summed E-state index contributed by atoms with van der Waals surface area (Å²) in [5.41, 5.74) is 1.42. The highest BCUT2D eigenvalue weighted by atomic mass is 79.9. The van der Waals surface area contributed by atoms with Crippen molar-refractivity contribution >= 4 is 45.1 Å². The van der Waals surface area contributed by atoms with E-state index in [1.165, 1.54) is 0 Å². The van der Waals surface area contributed by atoms with Gasteiger partial charge in [0.1, 0.15) is 0 Å². The Balaban J connectivity index is 3.18. The number of aliphatic carboxylic acids is 1. The quantitative estimate of drug-likeness (QED) is 0.867. The summed E-state index contributed by atoms with van der Waals surface area (Å²) in [6.07, 6.45) is -0.0864. The van der Waals surface area contributed by atoms with Crippen molar-refractivity contribution in [2.45, 2.75) is 11.8 Å². The third-order valence-electron chi connectivity index (χ3n) is 1.72. The number of hydrogen-bond acceptors (Lipinski definition) is 1. The van der Waals surface area contributed by atoms with Gasteiger partial charge in [0, 0.05) is 15.4 Å². The molecule has 0 saturated carbocycles. The molecule has 0 saturated heterocycles. The number of carboxylic acid groups (broad SMARTS) is 1. The molecular weight excluding hydrogens is 291 g/mol. The van der Waals surface area contributed by atoms with Crippen LogP contribution in [0.3, 0.4) is 0 Å². The molecule has 0 spiro atoms. The summed E-state index contributed by atoms with van der Waals surface area (Å²) in [4.78, 5) is 10.6. The molecule has 0 radical (unpaired) electrons. The van der Waals surface area contributed by atoms with Gasteiger partial charge in [-0.05, 0) is 23.3 Å². The highest BCUT2D eigenvalue weighted by Crippen LogP contribution is 2.27. The second-order valence-corrected chi connectivity index (χ2v) is 4.13. The van der Waals surface area contributed by atoms with Gasteiger partial charge in [-0.15, -0.1) is 0 Å². The van der Waals surface area contributed by atoms with Gasteiger partial charge in [0.05, 0.1) is 6.42 Å². The number of halogens is 3. The van der Waals surface area contributed by atoms with Crippen LogP contribution in [-0.4, -0.2) is 11.1 Å². The van der Waals surface area contributed by atoms with Crippen LogP contribution in [0, 0.1) is 0 Å². The summed E-state index contributed by atoms with van der Waals surface area (Å²) < 4.78 is 0. The molecule has 0 aliphatic heterocycles. The lowest BCUT2D eigenvalue weighted by atomic mass is 10.1. The predicted molar refractivity (Wildman–Crippen MR) is 60.4 cm³/mol. The zero-order chi connectivity index (χ0) is 10.7. The summed E-state index contributed by atoms with van der Waals surface area (Å²) in [6.45, 7) is 0. The molecule has 0 aliphatic rings.